The number of fused-ring (bicyclic) bond motifs is 1. The lowest BCUT2D eigenvalue weighted by Gasteiger charge is -2.17. The summed E-state index contributed by atoms with van der Waals surface area (Å²) < 4.78 is 39.8. The van der Waals surface area contributed by atoms with Crippen molar-refractivity contribution in [3.05, 3.63) is 70.4 Å². The van der Waals surface area contributed by atoms with Crippen LogP contribution in [0.5, 0.6) is 5.75 Å². The SMILES string of the molecule is Cc1ccc2[o+]c(-c3ccccc(=O)c3O)ccc2c1.[O-][Cl+3]([O-])([O-])[O-]. The zero-order valence-electron chi connectivity index (χ0n) is 13.0. The Hall–Kier alpha value is -2.55. The van der Waals surface area contributed by atoms with Crippen LogP contribution in [0.15, 0.2) is 63.8 Å². The third-order valence-electron chi connectivity index (χ3n) is 3.18. The maximum absolute atomic E-state index is 11.6. The van der Waals surface area contributed by atoms with Crippen molar-refractivity contribution in [2.24, 2.45) is 0 Å². The van der Waals surface area contributed by atoms with E-state index in [2.05, 4.69) is 0 Å². The van der Waals surface area contributed by atoms with E-state index >= 15 is 0 Å². The Morgan fingerprint density at radius 3 is 2.28 bits per heavy atom. The first-order chi connectivity index (χ1) is 11.6. The van der Waals surface area contributed by atoms with Gasteiger partial charge < -0.3 is 5.11 Å². The first-order valence-electron chi connectivity index (χ1n) is 6.93. The van der Waals surface area contributed by atoms with Crippen LogP contribution in [-0.4, -0.2) is 5.11 Å². The Bertz CT molecular complexity index is 945. The second-order valence-electron chi connectivity index (χ2n) is 5.06. The molecule has 2 aromatic carbocycles. The number of hydrogen-bond donors (Lipinski definition) is 1. The van der Waals surface area contributed by atoms with Gasteiger partial charge in [-0.25, -0.2) is 23.1 Å². The second-order valence-corrected chi connectivity index (χ2v) is 5.82. The summed E-state index contributed by atoms with van der Waals surface area (Å²) >= 11 is 0. The second kappa shape index (κ2) is 7.56. The van der Waals surface area contributed by atoms with E-state index in [9.17, 15) is 9.90 Å². The minimum absolute atomic E-state index is 0.301. The Balaban J connectivity index is 0.000000399. The van der Waals surface area contributed by atoms with Crippen molar-refractivity contribution in [3.8, 4) is 17.1 Å². The van der Waals surface area contributed by atoms with Gasteiger partial charge in [-0.05, 0) is 42.8 Å². The van der Waals surface area contributed by atoms with Crippen molar-refractivity contribution >= 4 is 11.0 Å². The summed E-state index contributed by atoms with van der Waals surface area (Å²) in [5.41, 5.74) is 1.83. The molecule has 0 bridgehead atoms. The van der Waals surface area contributed by atoms with Crippen LogP contribution in [0, 0.1) is 17.2 Å². The van der Waals surface area contributed by atoms with E-state index < -0.39 is 15.7 Å². The number of aromatic hydroxyl groups is 1. The Labute approximate surface area is 144 Å². The van der Waals surface area contributed by atoms with Crippen LogP contribution in [-0.2, 0) is 0 Å². The lowest BCUT2D eigenvalue weighted by atomic mass is 10.1. The molecule has 0 aliphatic heterocycles. The summed E-state index contributed by atoms with van der Waals surface area (Å²) in [5.74, 6) is 0.164. The third kappa shape index (κ3) is 5.49. The largest absolute Gasteiger partial charge is 0.503 e. The van der Waals surface area contributed by atoms with Crippen molar-refractivity contribution in [1.82, 2.24) is 0 Å². The topological polar surface area (TPSA) is 141 Å². The molecule has 3 aromatic rings. The average molecular weight is 365 g/mol. The van der Waals surface area contributed by atoms with Gasteiger partial charge >= 0.3 is 11.3 Å². The highest BCUT2D eigenvalue weighted by molar-refractivity contribution is 5.80. The fourth-order valence-corrected chi connectivity index (χ4v) is 2.14. The molecule has 0 saturated carbocycles. The Kier molecular flexibility index (Phi) is 5.68. The fraction of sp³-hybridized carbons (Fsp3) is 0.0588. The molecule has 0 amide bonds. The van der Waals surface area contributed by atoms with E-state index in [0.717, 1.165) is 10.9 Å². The zero-order chi connectivity index (χ0) is 18.6. The molecule has 0 atom stereocenters. The number of hydrogen-bond acceptors (Lipinski definition) is 6. The van der Waals surface area contributed by atoms with E-state index in [-0.39, 0.29) is 5.75 Å². The lowest BCUT2D eigenvalue weighted by Crippen LogP contribution is -2.68. The molecule has 7 nitrogen and oxygen atoms in total. The van der Waals surface area contributed by atoms with Gasteiger partial charge in [0, 0.05) is 12.1 Å². The molecular formula is C17H13ClO7. The normalized spacial score (nSPS) is 10.9. The van der Waals surface area contributed by atoms with E-state index in [4.69, 9.17) is 23.1 Å². The van der Waals surface area contributed by atoms with Gasteiger partial charge in [-0.1, -0.05) is 12.1 Å². The summed E-state index contributed by atoms with van der Waals surface area (Å²) in [5, 5.41) is 10.9. The molecule has 1 N–H and O–H groups in total. The van der Waals surface area contributed by atoms with Crippen LogP contribution < -0.4 is 24.1 Å². The predicted octanol–water partition coefficient (Wildman–Crippen LogP) is -1.00. The monoisotopic (exact) mass is 364 g/mol. The maximum atomic E-state index is 11.6. The minimum Gasteiger partial charge on any atom is -0.503 e. The first-order valence-corrected chi connectivity index (χ1v) is 8.16. The van der Waals surface area contributed by atoms with Crippen molar-refractivity contribution < 1.29 is 38.4 Å². The molecule has 130 valence electrons. The van der Waals surface area contributed by atoms with Gasteiger partial charge in [0.05, 0.1) is 5.39 Å². The van der Waals surface area contributed by atoms with E-state index in [1.807, 2.05) is 31.2 Å². The molecule has 0 spiro atoms. The molecule has 0 unspecified atom stereocenters. The highest BCUT2D eigenvalue weighted by Gasteiger charge is 2.18. The standard InChI is InChI=1S/C17H12O3.ClHO4/c1-11-6-8-15-12(10-11)7-9-16(20-15)13-4-2-3-5-14(18)17(13)19;2-1(3,4)5/h2-10H,1H3;(H,2,3,4,5). The molecule has 25 heavy (non-hydrogen) atoms. The van der Waals surface area contributed by atoms with Crippen LogP contribution in [0.3, 0.4) is 0 Å². The van der Waals surface area contributed by atoms with Gasteiger partial charge in [0.2, 0.25) is 5.43 Å². The Morgan fingerprint density at radius 1 is 0.960 bits per heavy atom. The summed E-state index contributed by atoms with van der Waals surface area (Å²) in [6.45, 7) is 2.01. The fourth-order valence-electron chi connectivity index (χ4n) is 2.14. The quantitative estimate of drug-likeness (QED) is 0.546. The molecule has 1 heterocycles. The Morgan fingerprint density at radius 2 is 1.60 bits per heavy atom. The van der Waals surface area contributed by atoms with Gasteiger partial charge in [0.25, 0.3) is 0 Å². The number of rotatable bonds is 1. The molecule has 8 heteroatoms. The van der Waals surface area contributed by atoms with Crippen molar-refractivity contribution in [2.75, 3.05) is 0 Å². The predicted molar refractivity (Wildman–Crippen MR) is 78.7 cm³/mol. The zero-order valence-corrected chi connectivity index (χ0v) is 13.7. The minimum atomic E-state index is -4.94. The molecular weight excluding hydrogens is 352 g/mol. The van der Waals surface area contributed by atoms with E-state index in [1.54, 1.807) is 24.3 Å². The lowest BCUT2D eigenvalue weighted by molar-refractivity contribution is -2.00. The van der Waals surface area contributed by atoms with Crippen molar-refractivity contribution in [2.45, 2.75) is 6.92 Å². The number of benzene rings is 1. The average Bonchev–Trinajstić information content (AvgIpc) is 2.67. The molecule has 0 aliphatic rings. The summed E-state index contributed by atoms with van der Waals surface area (Å²) in [7, 11) is -4.94. The van der Waals surface area contributed by atoms with Crippen molar-refractivity contribution in [1.29, 1.82) is 0 Å². The molecule has 0 aliphatic carbocycles. The number of halogens is 1. The molecule has 0 fully saturated rings. The van der Waals surface area contributed by atoms with E-state index in [0.29, 0.717) is 16.9 Å². The van der Waals surface area contributed by atoms with Gasteiger partial charge in [-0.2, -0.15) is 0 Å². The van der Waals surface area contributed by atoms with Gasteiger partial charge in [-0.3, -0.25) is 4.79 Å². The summed E-state index contributed by atoms with van der Waals surface area (Å²) in [6.07, 6.45) is 0. The first kappa shape index (κ1) is 18.8. The maximum Gasteiger partial charge on any atom is 0.364 e. The highest BCUT2D eigenvalue weighted by Crippen LogP contribution is 2.28. The van der Waals surface area contributed by atoms with Gasteiger partial charge in [-0.15, -0.1) is 10.2 Å². The van der Waals surface area contributed by atoms with Gasteiger partial charge in [0.15, 0.2) is 5.75 Å². The van der Waals surface area contributed by atoms with Crippen LogP contribution >= 0.6 is 0 Å². The van der Waals surface area contributed by atoms with Crippen LogP contribution in [0.25, 0.3) is 22.3 Å². The highest BCUT2D eigenvalue weighted by atomic mass is 35.7. The molecule has 3 rings (SSSR count). The number of aryl methyl sites for hydroxylation is 1. The third-order valence-corrected chi connectivity index (χ3v) is 3.18. The molecule has 0 radical (unpaired) electrons. The van der Waals surface area contributed by atoms with Crippen LogP contribution in [0.2, 0.25) is 0 Å². The van der Waals surface area contributed by atoms with Crippen molar-refractivity contribution in [3.63, 3.8) is 0 Å². The molecule has 0 saturated heterocycles. The van der Waals surface area contributed by atoms with E-state index in [1.165, 1.54) is 6.07 Å². The van der Waals surface area contributed by atoms with Crippen LogP contribution in [0.4, 0.5) is 0 Å². The smallest absolute Gasteiger partial charge is 0.364 e. The van der Waals surface area contributed by atoms with Crippen LogP contribution in [0.1, 0.15) is 5.56 Å². The summed E-state index contributed by atoms with van der Waals surface area (Å²) in [4.78, 5) is 11.6. The molecule has 1 aromatic heterocycles. The summed E-state index contributed by atoms with van der Waals surface area (Å²) in [6, 6.07) is 15.8. The van der Waals surface area contributed by atoms with Gasteiger partial charge in [0.1, 0.15) is 5.56 Å².